The summed E-state index contributed by atoms with van der Waals surface area (Å²) < 4.78 is 5.09. The molecular weight excluding hydrogens is 260 g/mol. The number of carbonyl (C=O) groups excluding carboxylic acids is 1. The Morgan fingerprint density at radius 2 is 1.48 bits per heavy atom. The minimum atomic E-state index is -0.0759. The SMILES string of the molecule is CCC/C=C\C/C=C\C/C=C\CCCCC(=O)OC(C)C. The number of esters is 1. The third-order valence-corrected chi connectivity index (χ3v) is 2.87. The molecule has 0 aliphatic carbocycles. The second-order valence-electron chi connectivity index (χ2n) is 5.46. The van der Waals surface area contributed by atoms with Crippen molar-refractivity contribution in [1.82, 2.24) is 0 Å². The van der Waals surface area contributed by atoms with Crippen molar-refractivity contribution in [2.45, 2.75) is 78.2 Å². The van der Waals surface area contributed by atoms with Gasteiger partial charge in [0.15, 0.2) is 0 Å². The first kappa shape index (κ1) is 19.7. The van der Waals surface area contributed by atoms with Crippen LogP contribution in [0.1, 0.15) is 72.1 Å². The van der Waals surface area contributed by atoms with Gasteiger partial charge in [-0.05, 0) is 52.4 Å². The first-order valence-corrected chi connectivity index (χ1v) is 8.31. The topological polar surface area (TPSA) is 26.3 Å². The number of rotatable bonds is 12. The van der Waals surface area contributed by atoms with Crippen molar-refractivity contribution < 1.29 is 9.53 Å². The van der Waals surface area contributed by atoms with Gasteiger partial charge in [-0.2, -0.15) is 0 Å². The number of allylic oxidation sites excluding steroid dienone is 6. The minimum Gasteiger partial charge on any atom is -0.463 e. The van der Waals surface area contributed by atoms with Crippen molar-refractivity contribution in [2.24, 2.45) is 0 Å². The van der Waals surface area contributed by atoms with E-state index in [9.17, 15) is 4.79 Å². The zero-order valence-corrected chi connectivity index (χ0v) is 14.0. The summed E-state index contributed by atoms with van der Waals surface area (Å²) in [7, 11) is 0. The molecule has 0 radical (unpaired) electrons. The van der Waals surface area contributed by atoms with Gasteiger partial charge in [-0.1, -0.05) is 49.8 Å². The van der Waals surface area contributed by atoms with Crippen molar-refractivity contribution in [3.05, 3.63) is 36.5 Å². The molecule has 0 aromatic heterocycles. The van der Waals surface area contributed by atoms with Crippen LogP contribution in [0.25, 0.3) is 0 Å². The molecule has 0 aromatic carbocycles. The van der Waals surface area contributed by atoms with Crippen LogP contribution in [-0.2, 0) is 9.53 Å². The van der Waals surface area contributed by atoms with Crippen molar-refractivity contribution in [2.75, 3.05) is 0 Å². The molecule has 0 spiro atoms. The molecule has 0 aromatic rings. The Morgan fingerprint density at radius 1 is 0.905 bits per heavy atom. The molecule has 0 unspecified atom stereocenters. The predicted molar refractivity (Wildman–Crippen MR) is 91.3 cm³/mol. The highest BCUT2D eigenvalue weighted by Crippen LogP contribution is 2.04. The van der Waals surface area contributed by atoms with Crippen LogP contribution in [0.5, 0.6) is 0 Å². The molecular formula is C19H32O2. The van der Waals surface area contributed by atoms with Gasteiger partial charge in [0.05, 0.1) is 6.10 Å². The summed E-state index contributed by atoms with van der Waals surface area (Å²) in [6, 6.07) is 0. The van der Waals surface area contributed by atoms with Crippen molar-refractivity contribution in [1.29, 1.82) is 0 Å². The summed E-state index contributed by atoms with van der Waals surface area (Å²) in [6.07, 6.45) is 21.2. The highest BCUT2D eigenvalue weighted by Gasteiger charge is 2.03. The normalized spacial score (nSPS) is 12.2. The highest BCUT2D eigenvalue weighted by molar-refractivity contribution is 5.69. The van der Waals surface area contributed by atoms with Gasteiger partial charge in [0.25, 0.3) is 0 Å². The van der Waals surface area contributed by atoms with Gasteiger partial charge in [0, 0.05) is 6.42 Å². The summed E-state index contributed by atoms with van der Waals surface area (Å²) in [5.41, 5.74) is 0. The van der Waals surface area contributed by atoms with Crippen LogP contribution in [0.4, 0.5) is 0 Å². The Morgan fingerprint density at radius 3 is 2.05 bits per heavy atom. The van der Waals surface area contributed by atoms with Crippen LogP contribution in [0.3, 0.4) is 0 Å². The fraction of sp³-hybridized carbons (Fsp3) is 0.632. The molecule has 0 amide bonds. The predicted octanol–water partition coefficient (Wildman–Crippen LogP) is 5.75. The number of unbranched alkanes of at least 4 members (excludes halogenated alkanes) is 3. The summed E-state index contributed by atoms with van der Waals surface area (Å²) >= 11 is 0. The molecule has 0 bridgehead atoms. The van der Waals surface area contributed by atoms with Crippen LogP contribution >= 0.6 is 0 Å². The zero-order valence-electron chi connectivity index (χ0n) is 14.0. The minimum absolute atomic E-state index is 0.000926. The van der Waals surface area contributed by atoms with E-state index in [1.807, 2.05) is 13.8 Å². The maximum absolute atomic E-state index is 11.3. The van der Waals surface area contributed by atoms with E-state index in [0.717, 1.165) is 32.1 Å². The quantitative estimate of drug-likeness (QED) is 0.260. The van der Waals surface area contributed by atoms with E-state index < -0.39 is 0 Å². The highest BCUT2D eigenvalue weighted by atomic mass is 16.5. The smallest absolute Gasteiger partial charge is 0.306 e. The van der Waals surface area contributed by atoms with Gasteiger partial charge in [-0.3, -0.25) is 4.79 Å². The molecule has 120 valence electrons. The molecule has 0 aliphatic rings. The molecule has 0 atom stereocenters. The third kappa shape index (κ3) is 16.6. The molecule has 21 heavy (non-hydrogen) atoms. The standard InChI is InChI=1S/C19H32O2/c1-4-5-6-7-8-9-10-11-12-13-14-15-16-17-19(20)21-18(2)3/h6-7,9-10,12-13,18H,4-5,8,11,14-17H2,1-3H3/b7-6-,10-9-,13-12-. The molecule has 0 rings (SSSR count). The zero-order chi connectivity index (χ0) is 15.8. The van der Waals surface area contributed by atoms with Crippen LogP contribution < -0.4 is 0 Å². The molecule has 0 fully saturated rings. The second kappa shape index (κ2) is 15.1. The Balaban J connectivity index is 3.40. The number of hydrogen-bond donors (Lipinski definition) is 0. The van der Waals surface area contributed by atoms with Crippen molar-refractivity contribution in [3.8, 4) is 0 Å². The van der Waals surface area contributed by atoms with E-state index in [-0.39, 0.29) is 12.1 Å². The lowest BCUT2D eigenvalue weighted by atomic mass is 10.2. The summed E-state index contributed by atoms with van der Waals surface area (Å²) in [5, 5.41) is 0. The van der Waals surface area contributed by atoms with Crippen LogP contribution in [-0.4, -0.2) is 12.1 Å². The van der Waals surface area contributed by atoms with Gasteiger partial charge < -0.3 is 4.74 Å². The van der Waals surface area contributed by atoms with E-state index in [4.69, 9.17) is 4.74 Å². The van der Waals surface area contributed by atoms with E-state index in [1.165, 1.54) is 12.8 Å². The van der Waals surface area contributed by atoms with E-state index >= 15 is 0 Å². The molecule has 0 N–H and O–H groups in total. The summed E-state index contributed by atoms with van der Waals surface area (Å²) in [5.74, 6) is -0.0759. The van der Waals surface area contributed by atoms with Gasteiger partial charge >= 0.3 is 5.97 Å². The Hall–Kier alpha value is -1.31. The maximum atomic E-state index is 11.3. The van der Waals surface area contributed by atoms with Crippen LogP contribution in [0, 0.1) is 0 Å². The summed E-state index contributed by atoms with van der Waals surface area (Å²) in [6.45, 7) is 5.96. The number of ether oxygens (including phenoxy) is 1. The maximum Gasteiger partial charge on any atom is 0.306 e. The van der Waals surface area contributed by atoms with E-state index in [1.54, 1.807) is 0 Å². The van der Waals surface area contributed by atoms with Gasteiger partial charge in [-0.25, -0.2) is 0 Å². The first-order valence-electron chi connectivity index (χ1n) is 8.31. The largest absolute Gasteiger partial charge is 0.463 e. The molecule has 0 saturated heterocycles. The van der Waals surface area contributed by atoms with Gasteiger partial charge in [-0.15, -0.1) is 0 Å². The Bertz CT molecular complexity index is 324. The average Bonchev–Trinajstić information content (AvgIpc) is 2.43. The number of carbonyl (C=O) groups is 1. The monoisotopic (exact) mass is 292 g/mol. The van der Waals surface area contributed by atoms with Gasteiger partial charge in [0.2, 0.25) is 0 Å². The van der Waals surface area contributed by atoms with Crippen molar-refractivity contribution >= 4 is 5.97 Å². The molecule has 2 nitrogen and oxygen atoms in total. The van der Waals surface area contributed by atoms with Crippen molar-refractivity contribution in [3.63, 3.8) is 0 Å². The van der Waals surface area contributed by atoms with E-state index in [0.29, 0.717) is 6.42 Å². The lowest BCUT2D eigenvalue weighted by Crippen LogP contribution is -2.10. The second-order valence-corrected chi connectivity index (χ2v) is 5.46. The lowest BCUT2D eigenvalue weighted by Gasteiger charge is -2.06. The van der Waals surface area contributed by atoms with Crippen LogP contribution in [0.15, 0.2) is 36.5 Å². The molecule has 0 heterocycles. The number of hydrogen-bond acceptors (Lipinski definition) is 2. The van der Waals surface area contributed by atoms with Gasteiger partial charge in [0.1, 0.15) is 0 Å². The Kier molecular flexibility index (Phi) is 14.1. The summed E-state index contributed by atoms with van der Waals surface area (Å²) in [4.78, 5) is 11.3. The van der Waals surface area contributed by atoms with Crippen LogP contribution in [0.2, 0.25) is 0 Å². The molecule has 0 saturated carbocycles. The molecule has 2 heteroatoms. The Labute approximate surface area is 131 Å². The van der Waals surface area contributed by atoms with E-state index in [2.05, 4.69) is 43.4 Å². The first-order chi connectivity index (χ1) is 10.2. The lowest BCUT2D eigenvalue weighted by molar-refractivity contribution is -0.147. The fourth-order valence-corrected chi connectivity index (χ4v) is 1.80. The third-order valence-electron chi connectivity index (χ3n) is 2.87. The fourth-order valence-electron chi connectivity index (χ4n) is 1.80. The average molecular weight is 292 g/mol. The molecule has 0 aliphatic heterocycles.